The number of aromatic nitrogens is 1. The Kier molecular flexibility index (Phi) is 9.41. The molecule has 24 heavy (non-hydrogen) atoms. The van der Waals surface area contributed by atoms with Crippen LogP contribution in [0.5, 0.6) is 0 Å². The highest BCUT2D eigenvalue weighted by Gasteiger charge is 2.16. The van der Waals surface area contributed by atoms with Gasteiger partial charge in [-0.1, -0.05) is 0 Å². The molecule has 0 aliphatic carbocycles. The Hall–Kier alpha value is -1.78. The Morgan fingerprint density at radius 1 is 1.12 bits per heavy atom. The summed E-state index contributed by atoms with van der Waals surface area (Å²) in [7, 11) is -4.94. The summed E-state index contributed by atoms with van der Waals surface area (Å²) in [6.45, 7) is 8.10. The van der Waals surface area contributed by atoms with Crippen LogP contribution in [0, 0.1) is 31.0 Å². The van der Waals surface area contributed by atoms with Crippen molar-refractivity contribution in [3.8, 4) is 0 Å². The second kappa shape index (κ2) is 10.2. The average molecular weight is 365 g/mol. The maximum atomic E-state index is 11.8. The van der Waals surface area contributed by atoms with Gasteiger partial charge >= 0.3 is 5.97 Å². The van der Waals surface area contributed by atoms with Crippen molar-refractivity contribution in [3.63, 3.8) is 0 Å². The molecular formula is C14H21ClN2O7. The Bertz CT molecular complexity index is 544. The minimum Gasteiger partial charge on any atom is -0.465 e. The summed E-state index contributed by atoms with van der Waals surface area (Å²) < 4.78 is 40.6. The number of hydrogen-bond donors (Lipinski definition) is 1. The zero-order valence-electron chi connectivity index (χ0n) is 14.0. The lowest BCUT2D eigenvalue weighted by atomic mass is 10.2. The van der Waals surface area contributed by atoms with Crippen LogP contribution < -0.4 is 28.5 Å². The van der Waals surface area contributed by atoms with Crippen molar-refractivity contribution in [3.05, 3.63) is 29.1 Å². The van der Waals surface area contributed by atoms with E-state index in [1.54, 1.807) is 6.92 Å². The number of carbonyl (C=O) groups excluding carboxylic acids is 2. The third-order valence-electron chi connectivity index (χ3n) is 2.76. The Morgan fingerprint density at radius 3 is 2.00 bits per heavy atom. The first-order valence-corrected chi connectivity index (χ1v) is 8.19. The molecule has 0 fully saturated rings. The molecule has 0 spiro atoms. The molecule has 0 radical (unpaired) electrons. The lowest BCUT2D eigenvalue weighted by Crippen LogP contribution is -2.68. The van der Waals surface area contributed by atoms with E-state index >= 15 is 0 Å². The molecule has 0 saturated carbocycles. The summed E-state index contributed by atoms with van der Waals surface area (Å²) in [5.74, 6) is -0.619. The number of pyridine rings is 1. The molecule has 0 aliphatic rings. The topological polar surface area (TPSA) is 152 Å². The van der Waals surface area contributed by atoms with Crippen molar-refractivity contribution >= 4 is 11.9 Å². The highest BCUT2D eigenvalue weighted by atomic mass is 35.7. The zero-order valence-corrected chi connectivity index (χ0v) is 14.7. The van der Waals surface area contributed by atoms with Crippen molar-refractivity contribution < 1.29 is 47.8 Å². The van der Waals surface area contributed by atoms with E-state index in [1.165, 1.54) is 0 Å². The zero-order chi connectivity index (χ0) is 18.9. The third kappa shape index (κ3) is 10.9. The Morgan fingerprint density at radius 2 is 1.58 bits per heavy atom. The van der Waals surface area contributed by atoms with Gasteiger partial charge in [0.25, 0.3) is 5.91 Å². The fourth-order valence-corrected chi connectivity index (χ4v) is 1.97. The highest BCUT2D eigenvalue weighted by molar-refractivity contribution is 5.81. The fraction of sp³-hybridized carbons (Fsp3) is 0.500. The van der Waals surface area contributed by atoms with Crippen LogP contribution in [0.3, 0.4) is 0 Å². The van der Waals surface area contributed by atoms with E-state index in [-0.39, 0.29) is 19.0 Å². The van der Waals surface area contributed by atoms with Gasteiger partial charge in [0.05, 0.1) is 6.61 Å². The summed E-state index contributed by atoms with van der Waals surface area (Å²) in [5.41, 5.74) is 3.20. The van der Waals surface area contributed by atoms with Crippen LogP contribution in [0.4, 0.5) is 0 Å². The molecule has 9 nitrogen and oxygen atoms in total. The SMILES string of the molecule is CCOC(=O)CNC(=O)C[n+]1c(C)cc(C)cc1C.[O-][Cl+3]([O-])([O-])[O-]. The minimum atomic E-state index is -4.94. The van der Waals surface area contributed by atoms with Gasteiger partial charge in [-0.3, -0.25) is 9.59 Å². The first-order chi connectivity index (χ1) is 10.9. The van der Waals surface area contributed by atoms with Crippen molar-refractivity contribution in [1.29, 1.82) is 0 Å². The molecule has 0 aromatic carbocycles. The third-order valence-corrected chi connectivity index (χ3v) is 2.76. The van der Waals surface area contributed by atoms with Gasteiger partial charge in [0.1, 0.15) is 6.54 Å². The van der Waals surface area contributed by atoms with Crippen LogP contribution in [-0.2, 0) is 20.9 Å². The van der Waals surface area contributed by atoms with Crippen LogP contribution in [-0.4, -0.2) is 25.0 Å². The summed E-state index contributed by atoms with van der Waals surface area (Å²) in [6.07, 6.45) is 0. The molecule has 1 heterocycles. The maximum absolute atomic E-state index is 11.8. The van der Waals surface area contributed by atoms with Crippen molar-refractivity contribution in [2.24, 2.45) is 0 Å². The molecule has 10 heteroatoms. The number of aryl methyl sites for hydroxylation is 3. The largest absolute Gasteiger partial charge is 0.465 e. The normalized spacial score (nSPS) is 10.5. The van der Waals surface area contributed by atoms with E-state index in [0.717, 1.165) is 17.0 Å². The number of esters is 1. The van der Waals surface area contributed by atoms with E-state index in [1.807, 2.05) is 37.5 Å². The Labute approximate surface area is 142 Å². The molecule has 0 bridgehead atoms. The van der Waals surface area contributed by atoms with E-state index < -0.39 is 16.2 Å². The smallest absolute Gasteiger partial charge is 0.325 e. The lowest BCUT2D eigenvalue weighted by Gasteiger charge is -2.17. The molecular weight excluding hydrogens is 344 g/mol. The van der Waals surface area contributed by atoms with Gasteiger partial charge in [-0.25, -0.2) is 18.6 Å². The van der Waals surface area contributed by atoms with E-state index in [9.17, 15) is 9.59 Å². The fourth-order valence-electron chi connectivity index (χ4n) is 1.97. The molecule has 0 atom stereocenters. The predicted octanol–water partition coefficient (Wildman–Crippen LogP) is -4.18. The number of nitrogens with one attached hydrogen (secondary N) is 1. The predicted molar refractivity (Wildman–Crippen MR) is 70.5 cm³/mol. The quantitative estimate of drug-likeness (QED) is 0.411. The molecule has 0 unspecified atom stereocenters. The number of rotatable bonds is 5. The summed E-state index contributed by atoms with van der Waals surface area (Å²) in [4.78, 5) is 22.9. The van der Waals surface area contributed by atoms with Gasteiger partial charge < -0.3 is 10.1 Å². The molecule has 1 amide bonds. The summed E-state index contributed by atoms with van der Waals surface area (Å²) >= 11 is 0. The number of hydrogen-bond acceptors (Lipinski definition) is 7. The van der Waals surface area contributed by atoms with Gasteiger partial charge in [0.2, 0.25) is 6.54 Å². The van der Waals surface area contributed by atoms with Gasteiger partial charge in [-0.15, -0.1) is 10.2 Å². The number of carbonyl (C=O) groups is 2. The first kappa shape index (κ1) is 22.2. The van der Waals surface area contributed by atoms with Gasteiger partial charge in [0, 0.05) is 26.0 Å². The molecule has 136 valence electrons. The van der Waals surface area contributed by atoms with E-state index in [2.05, 4.69) is 5.32 Å². The number of ether oxygens (including phenoxy) is 1. The summed E-state index contributed by atoms with van der Waals surface area (Å²) in [5, 5.41) is 2.55. The highest BCUT2D eigenvalue weighted by Crippen LogP contribution is 2.01. The number of amides is 1. The average Bonchev–Trinajstić information content (AvgIpc) is 2.39. The molecule has 1 rings (SSSR count). The first-order valence-electron chi connectivity index (χ1n) is 6.95. The lowest BCUT2D eigenvalue weighted by molar-refractivity contribution is -2.00. The van der Waals surface area contributed by atoms with Crippen LogP contribution in [0.1, 0.15) is 23.9 Å². The standard InChI is InChI=1S/C14H20N2O3.ClHO4/c1-5-19-14(18)8-15-13(17)9-16-11(3)6-10(2)7-12(16)4;2-1(3,4)5/h6-7H,5,8-9H2,1-4H3;(H,2,3,4,5). The van der Waals surface area contributed by atoms with Crippen molar-refractivity contribution in [2.45, 2.75) is 34.2 Å². The van der Waals surface area contributed by atoms with Crippen molar-refractivity contribution in [1.82, 2.24) is 5.32 Å². The van der Waals surface area contributed by atoms with Crippen LogP contribution in [0.15, 0.2) is 12.1 Å². The molecule has 1 aromatic heterocycles. The van der Waals surface area contributed by atoms with Gasteiger partial charge in [0.15, 0.2) is 11.4 Å². The maximum Gasteiger partial charge on any atom is 0.325 e. The Balaban J connectivity index is 0.000000922. The minimum absolute atomic E-state index is 0.0861. The summed E-state index contributed by atoms with van der Waals surface area (Å²) in [6, 6.07) is 4.04. The number of halogens is 1. The van der Waals surface area contributed by atoms with Gasteiger partial charge in [-0.2, -0.15) is 4.57 Å². The van der Waals surface area contributed by atoms with Gasteiger partial charge in [-0.05, 0) is 19.4 Å². The van der Waals surface area contributed by atoms with Crippen LogP contribution in [0.25, 0.3) is 0 Å². The van der Waals surface area contributed by atoms with Crippen LogP contribution >= 0.6 is 0 Å². The van der Waals surface area contributed by atoms with Crippen molar-refractivity contribution in [2.75, 3.05) is 13.2 Å². The van der Waals surface area contributed by atoms with E-state index in [4.69, 9.17) is 23.4 Å². The second-order valence-electron chi connectivity index (χ2n) is 4.86. The molecule has 0 aliphatic heterocycles. The monoisotopic (exact) mass is 364 g/mol. The molecule has 0 saturated heterocycles. The molecule has 1 N–H and O–H groups in total. The van der Waals surface area contributed by atoms with E-state index in [0.29, 0.717) is 6.61 Å². The number of nitrogens with zero attached hydrogens (tertiary/aromatic N) is 1. The molecule has 1 aromatic rings. The van der Waals surface area contributed by atoms with Crippen LogP contribution in [0.2, 0.25) is 0 Å². The second-order valence-corrected chi connectivity index (χ2v) is 5.62.